The molecule has 1 aliphatic rings. The van der Waals surface area contributed by atoms with Gasteiger partial charge in [-0.2, -0.15) is 0 Å². The lowest BCUT2D eigenvalue weighted by molar-refractivity contribution is 0.000333. The first kappa shape index (κ1) is 16.5. The number of esters is 2. The number of carbonyl (C=O) groups excluding carboxylic acids is 2. The van der Waals surface area contributed by atoms with Gasteiger partial charge in [0.1, 0.15) is 6.10 Å². The molecule has 0 spiro atoms. The van der Waals surface area contributed by atoms with Crippen molar-refractivity contribution in [1.29, 1.82) is 0 Å². The third-order valence-electron chi connectivity index (χ3n) is 4.26. The first-order valence-electron chi connectivity index (χ1n) is 8.14. The molecule has 120 valence electrons. The number of benzene rings is 1. The molecule has 0 aliphatic heterocycles. The molecule has 1 aromatic rings. The summed E-state index contributed by atoms with van der Waals surface area (Å²) in [7, 11) is 0. The summed E-state index contributed by atoms with van der Waals surface area (Å²) in [6.07, 6.45) is 5.28. The monoisotopic (exact) mass is 304 g/mol. The average Bonchev–Trinajstić information content (AvgIpc) is 2.55. The molecule has 1 aliphatic carbocycles. The van der Waals surface area contributed by atoms with E-state index in [-0.39, 0.29) is 18.3 Å². The van der Waals surface area contributed by atoms with E-state index in [1.165, 1.54) is 6.42 Å². The zero-order chi connectivity index (χ0) is 15.9. The van der Waals surface area contributed by atoms with Crippen molar-refractivity contribution in [3.8, 4) is 0 Å². The van der Waals surface area contributed by atoms with Crippen molar-refractivity contribution in [1.82, 2.24) is 0 Å². The standard InChI is InChI=1S/C18H24O4/c1-3-13-9-5-8-12-16(13)22-18(20)15-11-7-6-10-14(15)17(19)21-4-2/h6-7,10-11,13,16H,3-5,8-9,12H2,1-2H3. The Balaban J connectivity index is 2.13. The SMILES string of the molecule is CCOC(=O)c1ccccc1C(=O)OC1CCCCC1CC. The van der Waals surface area contributed by atoms with E-state index in [2.05, 4.69) is 6.92 Å². The summed E-state index contributed by atoms with van der Waals surface area (Å²) in [5, 5.41) is 0. The highest BCUT2D eigenvalue weighted by molar-refractivity contribution is 6.03. The molecule has 0 N–H and O–H groups in total. The van der Waals surface area contributed by atoms with E-state index in [1.807, 2.05) is 0 Å². The van der Waals surface area contributed by atoms with E-state index < -0.39 is 11.9 Å². The van der Waals surface area contributed by atoms with Gasteiger partial charge in [0, 0.05) is 0 Å². The third kappa shape index (κ3) is 3.87. The van der Waals surface area contributed by atoms with Crippen LogP contribution in [0.1, 0.15) is 66.7 Å². The maximum atomic E-state index is 12.5. The fourth-order valence-electron chi connectivity index (χ4n) is 3.04. The molecule has 2 atom stereocenters. The van der Waals surface area contributed by atoms with Gasteiger partial charge in [0.05, 0.1) is 17.7 Å². The van der Waals surface area contributed by atoms with Gasteiger partial charge >= 0.3 is 11.9 Å². The van der Waals surface area contributed by atoms with E-state index in [4.69, 9.17) is 9.47 Å². The van der Waals surface area contributed by atoms with E-state index in [9.17, 15) is 9.59 Å². The highest BCUT2D eigenvalue weighted by Gasteiger charge is 2.28. The molecule has 0 radical (unpaired) electrons. The van der Waals surface area contributed by atoms with Gasteiger partial charge < -0.3 is 9.47 Å². The number of hydrogen-bond donors (Lipinski definition) is 0. The highest BCUT2D eigenvalue weighted by atomic mass is 16.5. The lowest BCUT2D eigenvalue weighted by Gasteiger charge is -2.30. The van der Waals surface area contributed by atoms with Crippen LogP contribution in [0.2, 0.25) is 0 Å². The molecule has 1 aromatic carbocycles. The first-order valence-corrected chi connectivity index (χ1v) is 8.14. The summed E-state index contributed by atoms with van der Waals surface area (Å²) in [6, 6.07) is 6.68. The minimum atomic E-state index is -0.481. The van der Waals surface area contributed by atoms with Crippen molar-refractivity contribution in [2.75, 3.05) is 6.61 Å². The Morgan fingerprint density at radius 3 is 2.32 bits per heavy atom. The molecule has 1 fully saturated rings. The first-order chi connectivity index (χ1) is 10.7. The predicted molar refractivity (Wildman–Crippen MR) is 83.9 cm³/mol. The normalized spacial score (nSPS) is 21.2. The Hall–Kier alpha value is -1.84. The van der Waals surface area contributed by atoms with Crippen molar-refractivity contribution >= 4 is 11.9 Å². The van der Waals surface area contributed by atoms with Crippen molar-refractivity contribution in [3.05, 3.63) is 35.4 Å². The maximum Gasteiger partial charge on any atom is 0.339 e. The Bertz CT molecular complexity index is 524. The topological polar surface area (TPSA) is 52.6 Å². The summed E-state index contributed by atoms with van der Waals surface area (Å²) in [6.45, 7) is 4.15. The molecule has 0 amide bonds. The molecule has 2 unspecified atom stereocenters. The molecule has 0 saturated heterocycles. The summed E-state index contributed by atoms with van der Waals surface area (Å²) in [5.41, 5.74) is 0.569. The lowest BCUT2D eigenvalue weighted by Crippen LogP contribution is -2.30. The van der Waals surface area contributed by atoms with Gasteiger partial charge in [0.25, 0.3) is 0 Å². The zero-order valence-electron chi connectivity index (χ0n) is 13.3. The van der Waals surface area contributed by atoms with Crippen LogP contribution in [0.15, 0.2) is 24.3 Å². The molecule has 4 heteroatoms. The Kier molecular flexibility index (Phi) is 5.99. The molecular formula is C18H24O4. The van der Waals surface area contributed by atoms with E-state index in [0.29, 0.717) is 11.5 Å². The predicted octanol–water partition coefficient (Wildman–Crippen LogP) is 3.99. The largest absolute Gasteiger partial charge is 0.462 e. The van der Waals surface area contributed by atoms with E-state index in [1.54, 1.807) is 31.2 Å². The molecule has 0 heterocycles. The molecule has 0 aromatic heterocycles. The van der Waals surface area contributed by atoms with E-state index >= 15 is 0 Å². The summed E-state index contributed by atoms with van der Waals surface area (Å²) in [5.74, 6) is -0.479. The van der Waals surface area contributed by atoms with Crippen LogP contribution in [0, 0.1) is 5.92 Å². The minimum Gasteiger partial charge on any atom is -0.462 e. The van der Waals surface area contributed by atoms with Crippen LogP contribution < -0.4 is 0 Å². The van der Waals surface area contributed by atoms with Gasteiger partial charge in [-0.05, 0) is 50.7 Å². The van der Waals surface area contributed by atoms with Gasteiger partial charge in [-0.3, -0.25) is 0 Å². The summed E-state index contributed by atoms with van der Waals surface area (Å²) in [4.78, 5) is 24.4. The molecule has 4 nitrogen and oxygen atoms in total. The molecule has 0 bridgehead atoms. The summed E-state index contributed by atoms with van der Waals surface area (Å²) >= 11 is 0. The van der Waals surface area contributed by atoms with Gasteiger partial charge in [-0.1, -0.05) is 25.5 Å². The Morgan fingerprint density at radius 1 is 1.05 bits per heavy atom. The average molecular weight is 304 g/mol. The smallest absolute Gasteiger partial charge is 0.339 e. The van der Waals surface area contributed by atoms with Crippen molar-refractivity contribution in [2.24, 2.45) is 5.92 Å². The fourth-order valence-corrected chi connectivity index (χ4v) is 3.04. The molecule has 1 saturated carbocycles. The second-order valence-corrected chi connectivity index (χ2v) is 5.66. The number of rotatable bonds is 5. The maximum absolute atomic E-state index is 12.5. The minimum absolute atomic E-state index is 0.0403. The van der Waals surface area contributed by atoms with Crippen LogP contribution in [0.3, 0.4) is 0 Å². The van der Waals surface area contributed by atoms with Crippen LogP contribution >= 0.6 is 0 Å². The van der Waals surface area contributed by atoms with Crippen LogP contribution in [0.4, 0.5) is 0 Å². The van der Waals surface area contributed by atoms with Crippen molar-refractivity contribution < 1.29 is 19.1 Å². The number of ether oxygens (including phenoxy) is 2. The molecule has 22 heavy (non-hydrogen) atoms. The van der Waals surface area contributed by atoms with Gasteiger partial charge in [0.2, 0.25) is 0 Å². The Morgan fingerprint density at radius 2 is 1.68 bits per heavy atom. The summed E-state index contributed by atoms with van der Waals surface area (Å²) < 4.78 is 10.7. The second-order valence-electron chi connectivity index (χ2n) is 5.66. The van der Waals surface area contributed by atoms with Gasteiger partial charge in [-0.25, -0.2) is 9.59 Å². The van der Waals surface area contributed by atoms with Crippen LogP contribution in [0.25, 0.3) is 0 Å². The quantitative estimate of drug-likeness (QED) is 0.772. The van der Waals surface area contributed by atoms with Gasteiger partial charge in [-0.15, -0.1) is 0 Å². The van der Waals surface area contributed by atoms with E-state index in [0.717, 1.165) is 25.7 Å². The lowest BCUT2D eigenvalue weighted by atomic mass is 9.85. The van der Waals surface area contributed by atoms with Crippen molar-refractivity contribution in [3.63, 3.8) is 0 Å². The molecular weight excluding hydrogens is 280 g/mol. The number of hydrogen-bond acceptors (Lipinski definition) is 4. The third-order valence-corrected chi connectivity index (χ3v) is 4.26. The van der Waals surface area contributed by atoms with Crippen LogP contribution in [-0.4, -0.2) is 24.6 Å². The van der Waals surface area contributed by atoms with Gasteiger partial charge in [0.15, 0.2) is 0 Å². The number of carbonyl (C=O) groups is 2. The van der Waals surface area contributed by atoms with Crippen LogP contribution in [0.5, 0.6) is 0 Å². The van der Waals surface area contributed by atoms with Crippen molar-refractivity contribution in [2.45, 2.75) is 52.1 Å². The highest BCUT2D eigenvalue weighted by Crippen LogP contribution is 2.30. The Labute approximate surface area is 131 Å². The second kappa shape index (κ2) is 7.97. The van der Waals surface area contributed by atoms with Crippen LogP contribution in [-0.2, 0) is 9.47 Å². The molecule has 2 rings (SSSR count). The fraction of sp³-hybridized carbons (Fsp3) is 0.556. The zero-order valence-corrected chi connectivity index (χ0v) is 13.3.